The molecule has 1 aliphatic heterocycles. The SMILES string of the molecule is O=C(Cc1ccc(=O)[nH]n1)N1CCC(Cc2cc(F)cc(F)c2)CC1. The Kier molecular flexibility index (Phi) is 5.21. The van der Waals surface area contributed by atoms with Crippen molar-refractivity contribution in [1.82, 2.24) is 15.1 Å². The minimum atomic E-state index is -0.559. The van der Waals surface area contributed by atoms with Crippen LogP contribution in [0.4, 0.5) is 8.78 Å². The summed E-state index contributed by atoms with van der Waals surface area (Å²) in [4.78, 5) is 25.1. The molecular weight excluding hydrogens is 328 g/mol. The van der Waals surface area contributed by atoms with E-state index in [-0.39, 0.29) is 17.9 Å². The third-order valence-corrected chi connectivity index (χ3v) is 4.48. The number of carbonyl (C=O) groups excluding carboxylic acids is 1. The summed E-state index contributed by atoms with van der Waals surface area (Å²) in [6, 6.07) is 6.49. The summed E-state index contributed by atoms with van der Waals surface area (Å²) in [6.07, 6.45) is 2.35. The first-order valence-corrected chi connectivity index (χ1v) is 8.27. The maximum Gasteiger partial charge on any atom is 0.264 e. The van der Waals surface area contributed by atoms with E-state index in [0.717, 1.165) is 18.9 Å². The molecule has 1 aliphatic rings. The van der Waals surface area contributed by atoms with Crippen LogP contribution in [0.15, 0.2) is 35.1 Å². The molecule has 3 rings (SSSR count). The van der Waals surface area contributed by atoms with Gasteiger partial charge in [-0.1, -0.05) is 0 Å². The van der Waals surface area contributed by atoms with Crippen molar-refractivity contribution in [2.45, 2.75) is 25.7 Å². The van der Waals surface area contributed by atoms with E-state index in [2.05, 4.69) is 10.2 Å². The van der Waals surface area contributed by atoms with Gasteiger partial charge in [0.25, 0.3) is 5.56 Å². The van der Waals surface area contributed by atoms with E-state index in [0.29, 0.717) is 36.7 Å². The molecule has 0 aliphatic carbocycles. The first kappa shape index (κ1) is 17.3. The van der Waals surface area contributed by atoms with Gasteiger partial charge in [0.05, 0.1) is 12.1 Å². The Hall–Kier alpha value is -2.57. The number of rotatable bonds is 4. The van der Waals surface area contributed by atoms with Crippen LogP contribution < -0.4 is 5.56 Å². The number of aromatic amines is 1. The number of amides is 1. The Balaban J connectivity index is 1.51. The zero-order valence-corrected chi connectivity index (χ0v) is 13.7. The lowest BCUT2D eigenvalue weighted by molar-refractivity contribution is -0.131. The topological polar surface area (TPSA) is 66.1 Å². The van der Waals surface area contributed by atoms with E-state index in [1.165, 1.54) is 18.2 Å². The van der Waals surface area contributed by atoms with Gasteiger partial charge in [0.1, 0.15) is 11.6 Å². The number of hydrogen-bond acceptors (Lipinski definition) is 3. The van der Waals surface area contributed by atoms with Crippen molar-refractivity contribution in [3.63, 3.8) is 0 Å². The molecule has 132 valence electrons. The maximum absolute atomic E-state index is 13.3. The molecular formula is C18H19F2N3O2. The molecule has 1 N–H and O–H groups in total. The van der Waals surface area contributed by atoms with Crippen LogP contribution >= 0.6 is 0 Å². The molecule has 0 spiro atoms. The highest BCUT2D eigenvalue weighted by Crippen LogP contribution is 2.23. The van der Waals surface area contributed by atoms with E-state index < -0.39 is 11.6 Å². The Bertz CT molecular complexity index is 773. The molecule has 1 aromatic carbocycles. The normalized spacial score (nSPS) is 15.4. The van der Waals surface area contributed by atoms with Gasteiger partial charge in [0.15, 0.2) is 0 Å². The Morgan fingerprint density at radius 1 is 1.16 bits per heavy atom. The van der Waals surface area contributed by atoms with Crippen molar-refractivity contribution in [3.05, 3.63) is 63.6 Å². The van der Waals surface area contributed by atoms with Gasteiger partial charge in [-0.3, -0.25) is 9.59 Å². The molecule has 0 atom stereocenters. The fraction of sp³-hybridized carbons (Fsp3) is 0.389. The van der Waals surface area contributed by atoms with E-state index >= 15 is 0 Å². The molecule has 1 saturated heterocycles. The molecule has 25 heavy (non-hydrogen) atoms. The van der Waals surface area contributed by atoms with Crippen LogP contribution in [-0.4, -0.2) is 34.1 Å². The number of likely N-dealkylation sites (tertiary alicyclic amines) is 1. The third kappa shape index (κ3) is 4.71. The average Bonchev–Trinajstić information content (AvgIpc) is 2.56. The predicted octanol–water partition coefficient (Wildman–Crippen LogP) is 2.07. The molecule has 5 nitrogen and oxygen atoms in total. The standard InChI is InChI=1S/C18H19F2N3O2/c19-14-8-13(9-15(20)10-14)7-12-3-5-23(6-4-12)18(25)11-16-1-2-17(24)22-21-16/h1-2,8-10,12H,3-7,11H2,(H,22,24). The molecule has 2 heterocycles. The fourth-order valence-electron chi connectivity index (χ4n) is 3.19. The summed E-state index contributed by atoms with van der Waals surface area (Å²) in [6.45, 7) is 1.23. The number of nitrogens with one attached hydrogen (secondary N) is 1. The van der Waals surface area contributed by atoms with Crippen LogP contribution in [0.3, 0.4) is 0 Å². The largest absolute Gasteiger partial charge is 0.342 e. The summed E-state index contributed by atoms with van der Waals surface area (Å²) in [7, 11) is 0. The highest BCUT2D eigenvalue weighted by atomic mass is 19.1. The zero-order valence-electron chi connectivity index (χ0n) is 13.7. The van der Waals surface area contributed by atoms with Gasteiger partial charge in [-0.05, 0) is 48.9 Å². The van der Waals surface area contributed by atoms with Crippen LogP contribution in [-0.2, 0) is 17.6 Å². The van der Waals surface area contributed by atoms with Crippen molar-refractivity contribution < 1.29 is 13.6 Å². The number of hydrogen-bond donors (Lipinski definition) is 1. The first-order valence-electron chi connectivity index (χ1n) is 8.27. The number of halogens is 2. The summed E-state index contributed by atoms with van der Waals surface area (Å²) in [5.41, 5.74) is 0.882. The quantitative estimate of drug-likeness (QED) is 0.921. The smallest absolute Gasteiger partial charge is 0.264 e. The van der Waals surface area contributed by atoms with Crippen molar-refractivity contribution in [2.75, 3.05) is 13.1 Å². The van der Waals surface area contributed by atoms with Crippen molar-refractivity contribution in [2.24, 2.45) is 5.92 Å². The van der Waals surface area contributed by atoms with E-state index in [1.807, 2.05) is 0 Å². The van der Waals surface area contributed by atoms with Gasteiger partial charge in [-0.25, -0.2) is 13.9 Å². The molecule has 0 saturated carbocycles. The number of piperidine rings is 1. The lowest BCUT2D eigenvalue weighted by Crippen LogP contribution is -2.39. The minimum absolute atomic E-state index is 0.0326. The molecule has 7 heteroatoms. The van der Waals surface area contributed by atoms with Crippen LogP contribution in [0.1, 0.15) is 24.1 Å². The second-order valence-electron chi connectivity index (χ2n) is 6.40. The molecule has 1 amide bonds. The van der Waals surface area contributed by atoms with E-state index in [4.69, 9.17) is 0 Å². The van der Waals surface area contributed by atoms with Gasteiger partial charge >= 0.3 is 0 Å². The second kappa shape index (κ2) is 7.55. The van der Waals surface area contributed by atoms with Crippen molar-refractivity contribution in [3.8, 4) is 0 Å². The molecule has 0 unspecified atom stereocenters. The third-order valence-electron chi connectivity index (χ3n) is 4.48. The lowest BCUT2D eigenvalue weighted by atomic mass is 9.90. The Morgan fingerprint density at radius 3 is 2.44 bits per heavy atom. The summed E-state index contributed by atoms with van der Waals surface area (Å²) >= 11 is 0. The number of nitrogens with zero attached hydrogens (tertiary/aromatic N) is 2. The van der Waals surface area contributed by atoms with Crippen LogP contribution in [0.2, 0.25) is 0 Å². The van der Waals surface area contributed by atoms with Crippen LogP contribution in [0.5, 0.6) is 0 Å². The van der Waals surface area contributed by atoms with Gasteiger partial charge in [-0.2, -0.15) is 5.10 Å². The summed E-state index contributed by atoms with van der Waals surface area (Å²) < 4.78 is 26.5. The number of benzene rings is 1. The molecule has 1 aromatic heterocycles. The molecule has 0 radical (unpaired) electrons. The Morgan fingerprint density at radius 2 is 1.84 bits per heavy atom. The fourth-order valence-corrected chi connectivity index (χ4v) is 3.19. The number of H-pyrrole nitrogens is 1. The first-order chi connectivity index (χ1) is 12.0. The van der Waals surface area contributed by atoms with Crippen molar-refractivity contribution in [1.29, 1.82) is 0 Å². The maximum atomic E-state index is 13.3. The molecule has 1 fully saturated rings. The monoisotopic (exact) mass is 347 g/mol. The molecule has 2 aromatic rings. The highest BCUT2D eigenvalue weighted by Gasteiger charge is 2.23. The van der Waals surface area contributed by atoms with E-state index in [9.17, 15) is 18.4 Å². The van der Waals surface area contributed by atoms with Gasteiger partial charge in [-0.15, -0.1) is 0 Å². The van der Waals surface area contributed by atoms with Crippen LogP contribution in [0.25, 0.3) is 0 Å². The van der Waals surface area contributed by atoms with Gasteiger partial charge in [0, 0.05) is 25.2 Å². The highest BCUT2D eigenvalue weighted by molar-refractivity contribution is 5.78. The van der Waals surface area contributed by atoms with E-state index in [1.54, 1.807) is 11.0 Å². The molecule has 0 bridgehead atoms. The zero-order chi connectivity index (χ0) is 17.8. The predicted molar refractivity (Wildman–Crippen MR) is 87.9 cm³/mol. The average molecular weight is 347 g/mol. The summed E-state index contributed by atoms with van der Waals surface area (Å²) in [5, 5.41) is 6.16. The number of aromatic nitrogens is 2. The second-order valence-corrected chi connectivity index (χ2v) is 6.40. The van der Waals surface area contributed by atoms with Crippen LogP contribution in [0, 0.1) is 17.6 Å². The van der Waals surface area contributed by atoms with Crippen molar-refractivity contribution >= 4 is 5.91 Å². The Labute approximate surface area is 143 Å². The lowest BCUT2D eigenvalue weighted by Gasteiger charge is -2.32. The summed E-state index contributed by atoms with van der Waals surface area (Å²) in [5.74, 6) is -0.849. The number of carbonyl (C=O) groups is 1. The van der Waals surface area contributed by atoms with Gasteiger partial charge < -0.3 is 4.90 Å². The van der Waals surface area contributed by atoms with Gasteiger partial charge in [0.2, 0.25) is 5.91 Å². The minimum Gasteiger partial charge on any atom is -0.342 e.